The normalized spacial score (nSPS) is 13.6. The lowest BCUT2D eigenvalue weighted by Gasteiger charge is -2.11. The Morgan fingerprint density at radius 1 is 1.03 bits per heavy atom. The molecule has 6 nitrogen and oxygen atoms in total. The quantitative estimate of drug-likeness (QED) is 0.462. The highest BCUT2D eigenvalue weighted by Crippen LogP contribution is 2.25. The van der Waals surface area contributed by atoms with Gasteiger partial charge in [0.15, 0.2) is 6.61 Å². The highest BCUT2D eigenvalue weighted by Gasteiger charge is 2.31. The summed E-state index contributed by atoms with van der Waals surface area (Å²) in [7, 11) is 0. The lowest BCUT2D eigenvalue weighted by Crippen LogP contribution is -2.17. The molecule has 0 saturated carbocycles. The number of hydrogen-bond acceptors (Lipinski definition) is 4. The smallest absolute Gasteiger partial charge is 0.482 e. The van der Waals surface area contributed by atoms with Crippen molar-refractivity contribution in [3.05, 3.63) is 95.6 Å². The molecule has 0 heterocycles. The topological polar surface area (TPSA) is 84.9 Å². The standard InChI is InChI=1S/C26H22F3NO5/c27-26(28,29)35-22-13-11-21(12-14-22)30-25(33)20-9-2-1-5-18(15-20)6-3-7-19-8-4-10-23(16-19)34-17-24(31)32/h1-5,7-14,16H,6,15,17H2,(H,30,33)(H,31,32)/b7-3+. The predicted octanol–water partition coefficient (Wildman–Crippen LogP) is 5.90. The lowest BCUT2D eigenvalue weighted by molar-refractivity contribution is -0.274. The maximum Gasteiger partial charge on any atom is 0.573 e. The molecule has 2 aromatic carbocycles. The molecule has 0 atom stereocenters. The number of rotatable bonds is 9. The first-order valence-electron chi connectivity index (χ1n) is 10.5. The Kier molecular flexibility index (Phi) is 8.50. The zero-order valence-electron chi connectivity index (χ0n) is 18.4. The molecule has 2 aromatic rings. The van der Waals surface area contributed by atoms with Crippen LogP contribution in [0.1, 0.15) is 18.4 Å². The number of nitrogens with one attached hydrogen (secondary N) is 1. The van der Waals surface area contributed by atoms with Crippen LogP contribution in [0.15, 0.2) is 90.1 Å². The molecule has 2 N–H and O–H groups in total. The summed E-state index contributed by atoms with van der Waals surface area (Å²) in [4.78, 5) is 23.3. The summed E-state index contributed by atoms with van der Waals surface area (Å²) < 4.78 is 45.9. The molecule has 0 saturated heterocycles. The number of carboxylic acid groups (broad SMARTS) is 1. The molecule has 9 heteroatoms. The Bertz CT molecular complexity index is 1180. The van der Waals surface area contributed by atoms with Crippen molar-refractivity contribution >= 4 is 23.6 Å². The van der Waals surface area contributed by atoms with Crippen molar-refractivity contribution in [2.45, 2.75) is 19.2 Å². The van der Waals surface area contributed by atoms with Crippen LogP contribution in [0.4, 0.5) is 18.9 Å². The minimum absolute atomic E-state index is 0.342. The van der Waals surface area contributed by atoms with E-state index in [2.05, 4.69) is 10.1 Å². The van der Waals surface area contributed by atoms with Gasteiger partial charge in [-0.2, -0.15) is 0 Å². The average Bonchev–Trinajstić information content (AvgIpc) is 3.04. The molecule has 0 radical (unpaired) electrons. The van der Waals surface area contributed by atoms with Crippen LogP contribution in [0, 0.1) is 0 Å². The zero-order chi connectivity index (χ0) is 25.3. The van der Waals surface area contributed by atoms with Gasteiger partial charge in [0.1, 0.15) is 11.5 Å². The molecule has 0 unspecified atom stereocenters. The van der Waals surface area contributed by atoms with Crippen molar-refractivity contribution in [3.63, 3.8) is 0 Å². The van der Waals surface area contributed by atoms with Gasteiger partial charge in [-0.1, -0.05) is 54.2 Å². The molecule has 182 valence electrons. The lowest BCUT2D eigenvalue weighted by atomic mass is 10.0. The first-order valence-corrected chi connectivity index (χ1v) is 10.5. The van der Waals surface area contributed by atoms with Gasteiger partial charge in [0.2, 0.25) is 0 Å². The summed E-state index contributed by atoms with van der Waals surface area (Å²) in [6.07, 6.45) is 7.15. The second-order valence-electron chi connectivity index (χ2n) is 7.47. The first kappa shape index (κ1) is 25.4. The molecule has 0 aliphatic heterocycles. The monoisotopic (exact) mass is 485 g/mol. The fraction of sp³-hybridized carbons (Fsp3) is 0.154. The summed E-state index contributed by atoms with van der Waals surface area (Å²) in [5.74, 6) is -1.34. The third-order valence-electron chi connectivity index (χ3n) is 4.71. The SMILES string of the molecule is O=C(O)COc1cccc(/C=C/CC2=CC=CC=C(C(=O)Nc3ccc(OC(F)(F)F)cc3)C2)c1. The Labute approximate surface area is 199 Å². The van der Waals surface area contributed by atoms with Crippen molar-refractivity contribution in [2.24, 2.45) is 0 Å². The van der Waals surface area contributed by atoms with Crippen molar-refractivity contribution in [2.75, 3.05) is 11.9 Å². The molecule has 3 rings (SSSR count). The number of aliphatic carboxylic acids is 1. The average molecular weight is 485 g/mol. The molecule has 1 aliphatic rings. The number of allylic oxidation sites excluding steroid dienone is 6. The summed E-state index contributed by atoms with van der Waals surface area (Å²) in [5.41, 5.74) is 2.65. The van der Waals surface area contributed by atoms with Gasteiger partial charge in [-0.05, 0) is 54.8 Å². The van der Waals surface area contributed by atoms with Gasteiger partial charge in [0.05, 0.1) is 0 Å². The van der Waals surface area contributed by atoms with Crippen molar-refractivity contribution < 1.29 is 37.3 Å². The van der Waals surface area contributed by atoms with Crippen LogP contribution in [0.5, 0.6) is 11.5 Å². The van der Waals surface area contributed by atoms with Crippen molar-refractivity contribution in [1.82, 2.24) is 0 Å². The Morgan fingerprint density at radius 2 is 1.77 bits per heavy atom. The van der Waals surface area contributed by atoms with Gasteiger partial charge in [0, 0.05) is 11.3 Å². The van der Waals surface area contributed by atoms with Crippen LogP contribution in [0.2, 0.25) is 0 Å². The second kappa shape index (κ2) is 11.7. The number of carboxylic acids is 1. The Morgan fingerprint density at radius 3 is 2.49 bits per heavy atom. The van der Waals surface area contributed by atoms with Gasteiger partial charge in [-0.15, -0.1) is 13.2 Å². The van der Waals surface area contributed by atoms with Crippen LogP contribution >= 0.6 is 0 Å². The molecule has 0 bridgehead atoms. The minimum atomic E-state index is -4.78. The zero-order valence-corrected chi connectivity index (χ0v) is 18.4. The summed E-state index contributed by atoms with van der Waals surface area (Å²) in [6, 6.07) is 11.9. The van der Waals surface area contributed by atoms with E-state index < -0.39 is 18.9 Å². The predicted molar refractivity (Wildman–Crippen MR) is 125 cm³/mol. The summed E-state index contributed by atoms with van der Waals surface area (Å²) in [6.45, 7) is -0.422. The van der Waals surface area contributed by atoms with Crippen molar-refractivity contribution in [3.8, 4) is 11.5 Å². The van der Waals surface area contributed by atoms with Gasteiger partial charge >= 0.3 is 12.3 Å². The van der Waals surface area contributed by atoms with Crippen LogP contribution in [0.3, 0.4) is 0 Å². The number of hydrogen-bond donors (Lipinski definition) is 2. The van der Waals surface area contributed by atoms with E-state index >= 15 is 0 Å². The molecular weight excluding hydrogens is 463 g/mol. The van der Waals surface area contributed by atoms with Gasteiger partial charge in [-0.25, -0.2) is 4.79 Å². The van der Waals surface area contributed by atoms with E-state index in [1.807, 2.05) is 30.4 Å². The summed E-state index contributed by atoms with van der Waals surface area (Å²) >= 11 is 0. The van der Waals surface area contributed by atoms with E-state index in [9.17, 15) is 22.8 Å². The third kappa shape index (κ3) is 8.88. The highest BCUT2D eigenvalue weighted by atomic mass is 19.4. The van der Waals surface area contributed by atoms with Crippen LogP contribution in [-0.2, 0) is 9.59 Å². The number of carbonyl (C=O) groups is 2. The van der Waals surface area contributed by atoms with Crippen LogP contribution < -0.4 is 14.8 Å². The first-order chi connectivity index (χ1) is 16.7. The van der Waals surface area contributed by atoms with E-state index in [1.54, 1.807) is 30.4 Å². The minimum Gasteiger partial charge on any atom is -0.482 e. The van der Waals surface area contributed by atoms with E-state index in [4.69, 9.17) is 9.84 Å². The molecule has 0 fully saturated rings. The Hall–Kier alpha value is -4.27. The molecule has 1 aliphatic carbocycles. The van der Waals surface area contributed by atoms with Crippen LogP contribution in [-0.4, -0.2) is 30.0 Å². The molecule has 1 amide bonds. The fourth-order valence-electron chi connectivity index (χ4n) is 3.17. The molecule has 35 heavy (non-hydrogen) atoms. The fourth-order valence-corrected chi connectivity index (χ4v) is 3.17. The number of alkyl halides is 3. The second-order valence-corrected chi connectivity index (χ2v) is 7.47. The number of halogens is 3. The van der Waals surface area contributed by atoms with Gasteiger partial charge < -0.3 is 19.9 Å². The molecule has 0 spiro atoms. The molecule has 0 aromatic heterocycles. The third-order valence-corrected chi connectivity index (χ3v) is 4.71. The van der Waals surface area contributed by atoms with E-state index in [-0.39, 0.29) is 11.7 Å². The number of benzene rings is 2. The van der Waals surface area contributed by atoms with Crippen molar-refractivity contribution in [1.29, 1.82) is 0 Å². The Balaban J connectivity index is 1.56. The number of anilines is 1. The molecular formula is C26H22F3NO5. The van der Waals surface area contributed by atoms with Gasteiger partial charge in [-0.3, -0.25) is 4.79 Å². The van der Waals surface area contributed by atoms with E-state index in [0.29, 0.717) is 29.9 Å². The van der Waals surface area contributed by atoms with E-state index in [1.165, 1.54) is 12.1 Å². The maximum absolute atomic E-state index is 12.7. The largest absolute Gasteiger partial charge is 0.573 e. The van der Waals surface area contributed by atoms with E-state index in [0.717, 1.165) is 23.3 Å². The summed E-state index contributed by atoms with van der Waals surface area (Å²) in [5, 5.41) is 11.4. The number of carbonyl (C=O) groups excluding carboxylic acids is 1. The maximum atomic E-state index is 12.7. The number of ether oxygens (including phenoxy) is 2. The van der Waals surface area contributed by atoms with Crippen LogP contribution in [0.25, 0.3) is 6.08 Å². The highest BCUT2D eigenvalue weighted by molar-refractivity contribution is 6.04. The van der Waals surface area contributed by atoms with Gasteiger partial charge in [0.25, 0.3) is 5.91 Å². The number of amides is 1.